The average molecular weight is 266 g/mol. The predicted molar refractivity (Wildman–Crippen MR) is 71.4 cm³/mol. The Morgan fingerprint density at radius 1 is 1.32 bits per heavy atom. The van der Waals surface area contributed by atoms with Gasteiger partial charge in [-0.05, 0) is 38.5 Å². The predicted octanol–water partition coefficient (Wildman–Crippen LogP) is 1.47. The summed E-state index contributed by atoms with van der Waals surface area (Å²) in [5.74, 6) is -1.57. The lowest BCUT2D eigenvalue weighted by atomic mass is 9.93. The van der Waals surface area contributed by atoms with E-state index in [1.807, 2.05) is 0 Å². The molecule has 1 aromatic carbocycles. The first-order chi connectivity index (χ1) is 8.74. The van der Waals surface area contributed by atoms with Crippen molar-refractivity contribution in [2.24, 2.45) is 5.10 Å². The Balaban J connectivity index is 2.98. The van der Waals surface area contributed by atoms with E-state index in [0.717, 1.165) is 0 Å². The molecule has 4 N–H and O–H groups in total. The number of hydrogen-bond acceptors (Lipinski definition) is 5. The van der Waals surface area contributed by atoms with E-state index in [4.69, 9.17) is 0 Å². The number of aromatic hydroxyl groups is 2. The van der Waals surface area contributed by atoms with Crippen LogP contribution in [0.1, 0.15) is 26.3 Å². The van der Waals surface area contributed by atoms with E-state index in [1.54, 1.807) is 19.9 Å². The van der Waals surface area contributed by atoms with Gasteiger partial charge in [0.1, 0.15) is 0 Å². The van der Waals surface area contributed by atoms with Crippen LogP contribution in [-0.4, -0.2) is 32.5 Å². The van der Waals surface area contributed by atoms with E-state index in [2.05, 4.69) is 10.5 Å². The zero-order valence-electron chi connectivity index (χ0n) is 11.1. The minimum atomic E-state index is -1.29. The molecule has 0 fully saturated rings. The molecule has 1 atom stereocenters. The molecule has 0 saturated heterocycles. The normalized spacial score (nSPS) is 13.4. The van der Waals surface area contributed by atoms with Gasteiger partial charge < -0.3 is 15.3 Å². The first-order valence-electron chi connectivity index (χ1n) is 5.77. The third-order valence-corrected chi connectivity index (χ3v) is 2.60. The molecule has 0 amide bonds. The summed E-state index contributed by atoms with van der Waals surface area (Å²) in [4.78, 5) is 11.3. The molecular formula is C13H18N2O4. The van der Waals surface area contributed by atoms with E-state index in [9.17, 15) is 20.1 Å². The Labute approximate surface area is 111 Å². The second-order valence-electron chi connectivity index (χ2n) is 4.81. The summed E-state index contributed by atoms with van der Waals surface area (Å²) in [6.07, 6.45) is 0.118. The van der Waals surface area contributed by atoms with Crippen molar-refractivity contribution in [3.05, 3.63) is 23.8 Å². The minimum Gasteiger partial charge on any atom is -0.504 e. The van der Waals surface area contributed by atoms with Crippen molar-refractivity contribution in [3.63, 3.8) is 0 Å². The molecule has 1 rings (SSSR count). The van der Waals surface area contributed by atoms with Gasteiger partial charge in [0.15, 0.2) is 17.0 Å². The van der Waals surface area contributed by atoms with Gasteiger partial charge in [-0.1, -0.05) is 6.07 Å². The second-order valence-corrected chi connectivity index (χ2v) is 4.81. The Hall–Kier alpha value is -2.24. The monoisotopic (exact) mass is 266 g/mol. The molecule has 1 aromatic rings. The van der Waals surface area contributed by atoms with Crippen LogP contribution in [-0.2, 0) is 11.2 Å². The second kappa shape index (κ2) is 5.60. The molecule has 0 unspecified atom stereocenters. The summed E-state index contributed by atoms with van der Waals surface area (Å²) < 4.78 is 0. The zero-order valence-corrected chi connectivity index (χ0v) is 11.1. The number of carbonyl (C=O) groups is 1. The van der Waals surface area contributed by atoms with Gasteiger partial charge in [-0.2, -0.15) is 5.10 Å². The van der Waals surface area contributed by atoms with Gasteiger partial charge >= 0.3 is 5.97 Å². The molecule has 0 spiro atoms. The Morgan fingerprint density at radius 2 is 1.95 bits per heavy atom. The fraction of sp³-hybridized carbons (Fsp3) is 0.385. The molecule has 0 heterocycles. The number of rotatable bonds is 5. The fourth-order valence-electron chi connectivity index (χ4n) is 1.49. The third kappa shape index (κ3) is 3.87. The number of hydrogen-bond donors (Lipinski definition) is 4. The molecule has 0 aliphatic heterocycles. The van der Waals surface area contributed by atoms with Crippen LogP contribution in [0, 0.1) is 0 Å². The molecule has 6 nitrogen and oxygen atoms in total. The number of hydrazone groups is 1. The van der Waals surface area contributed by atoms with Crippen LogP contribution in [0.3, 0.4) is 0 Å². The first kappa shape index (κ1) is 14.8. The molecule has 0 radical (unpaired) electrons. The lowest BCUT2D eigenvalue weighted by Gasteiger charge is -2.24. The van der Waals surface area contributed by atoms with E-state index >= 15 is 0 Å². The zero-order chi connectivity index (χ0) is 14.6. The lowest BCUT2D eigenvalue weighted by Crippen LogP contribution is -2.49. The molecule has 0 aliphatic rings. The molecule has 0 bridgehead atoms. The Kier molecular flexibility index (Phi) is 4.37. The summed E-state index contributed by atoms with van der Waals surface area (Å²) in [5.41, 5.74) is 2.62. The van der Waals surface area contributed by atoms with Crippen molar-refractivity contribution < 1.29 is 20.1 Å². The number of nitrogens with one attached hydrogen (secondary N) is 1. The standard InChI is InChI=1S/C13H18N2O4/c1-8(2)14-15-13(3,12(18)19)7-9-4-5-10(16)11(17)6-9/h4-6,15-17H,7H2,1-3H3,(H,18,19)/t13-/m0/s1. The van der Waals surface area contributed by atoms with Crippen molar-refractivity contribution in [2.75, 3.05) is 0 Å². The smallest absolute Gasteiger partial charge is 0.330 e. The largest absolute Gasteiger partial charge is 0.504 e. The number of nitrogens with zero attached hydrogens (tertiary/aromatic N) is 1. The summed E-state index contributed by atoms with van der Waals surface area (Å²) in [6, 6.07) is 4.21. The van der Waals surface area contributed by atoms with Gasteiger partial charge in [0, 0.05) is 12.1 Å². The Morgan fingerprint density at radius 3 is 2.42 bits per heavy atom. The fourth-order valence-corrected chi connectivity index (χ4v) is 1.49. The highest BCUT2D eigenvalue weighted by Crippen LogP contribution is 2.26. The maximum atomic E-state index is 11.3. The van der Waals surface area contributed by atoms with Crippen LogP contribution in [0.4, 0.5) is 0 Å². The topological polar surface area (TPSA) is 102 Å². The molecule has 104 valence electrons. The van der Waals surface area contributed by atoms with Gasteiger partial charge in [0.2, 0.25) is 0 Å². The third-order valence-electron chi connectivity index (χ3n) is 2.60. The number of carboxylic acids is 1. The summed E-state index contributed by atoms with van der Waals surface area (Å²) in [7, 11) is 0. The maximum Gasteiger partial charge on any atom is 0.330 e. The van der Waals surface area contributed by atoms with Gasteiger partial charge in [0.25, 0.3) is 0 Å². The summed E-state index contributed by atoms with van der Waals surface area (Å²) in [6.45, 7) is 5.01. The number of phenolic OH excluding ortho intramolecular Hbond substituents is 2. The quantitative estimate of drug-likeness (QED) is 0.367. The number of benzene rings is 1. The highest BCUT2D eigenvalue weighted by atomic mass is 16.4. The van der Waals surface area contributed by atoms with Crippen LogP contribution < -0.4 is 5.43 Å². The Bertz CT molecular complexity index is 509. The maximum absolute atomic E-state index is 11.3. The van der Waals surface area contributed by atoms with Crippen molar-refractivity contribution in [1.82, 2.24) is 5.43 Å². The average Bonchev–Trinajstić information content (AvgIpc) is 2.31. The molecular weight excluding hydrogens is 248 g/mol. The van der Waals surface area contributed by atoms with Gasteiger partial charge in [-0.25, -0.2) is 4.79 Å². The van der Waals surface area contributed by atoms with Crippen LogP contribution in [0.15, 0.2) is 23.3 Å². The van der Waals surface area contributed by atoms with E-state index in [0.29, 0.717) is 11.3 Å². The van der Waals surface area contributed by atoms with E-state index < -0.39 is 11.5 Å². The molecule has 0 aliphatic carbocycles. The highest BCUT2D eigenvalue weighted by molar-refractivity contribution is 5.81. The summed E-state index contributed by atoms with van der Waals surface area (Å²) in [5, 5.41) is 31.8. The molecule has 6 heteroatoms. The number of aliphatic carboxylic acids is 1. The molecule has 0 aromatic heterocycles. The van der Waals surface area contributed by atoms with E-state index in [-0.39, 0.29) is 17.9 Å². The summed E-state index contributed by atoms with van der Waals surface area (Å²) >= 11 is 0. The number of phenols is 2. The SMILES string of the molecule is CC(C)=NN[C@@](C)(Cc1ccc(O)c(O)c1)C(=O)O. The highest BCUT2D eigenvalue weighted by Gasteiger charge is 2.33. The van der Waals surface area contributed by atoms with Crippen molar-refractivity contribution in [1.29, 1.82) is 0 Å². The first-order valence-corrected chi connectivity index (χ1v) is 5.77. The van der Waals surface area contributed by atoms with Crippen molar-refractivity contribution in [3.8, 4) is 11.5 Å². The van der Waals surface area contributed by atoms with Gasteiger partial charge in [-0.3, -0.25) is 5.43 Å². The van der Waals surface area contributed by atoms with Gasteiger partial charge in [0.05, 0.1) is 0 Å². The van der Waals surface area contributed by atoms with Gasteiger partial charge in [-0.15, -0.1) is 0 Å². The van der Waals surface area contributed by atoms with E-state index in [1.165, 1.54) is 19.1 Å². The lowest BCUT2D eigenvalue weighted by molar-refractivity contribution is -0.144. The van der Waals surface area contributed by atoms with Crippen LogP contribution in [0.5, 0.6) is 11.5 Å². The number of carboxylic acid groups (broad SMARTS) is 1. The molecule has 0 saturated carbocycles. The van der Waals surface area contributed by atoms with Crippen LogP contribution in [0.25, 0.3) is 0 Å². The van der Waals surface area contributed by atoms with Crippen LogP contribution in [0.2, 0.25) is 0 Å². The molecule has 19 heavy (non-hydrogen) atoms. The minimum absolute atomic E-state index is 0.118. The van der Waals surface area contributed by atoms with Crippen molar-refractivity contribution >= 4 is 11.7 Å². The van der Waals surface area contributed by atoms with Crippen LogP contribution >= 0.6 is 0 Å². The van der Waals surface area contributed by atoms with Crippen molar-refractivity contribution in [2.45, 2.75) is 32.7 Å².